The number of fused-ring (bicyclic) bond motifs is 1. The molecule has 0 unspecified atom stereocenters. The Hall–Kier alpha value is -2.89. The maximum Gasteiger partial charge on any atom is 0.231 e. The van der Waals surface area contributed by atoms with E-state index in [9.17, 15) is 0 Å². The Kier molecular flexibility index (Phi) is 4.52. The number of nitrogens with zero attached hydrogens (tertiary/aromatic N) is 1. The second kappa shape index (κ2) is 6.91. The Bertz CT molecular complexity index is 716. The van der Waals surface area contributed by atoms with E-state index in [0.29, 0.717) is 18.0 Å². The third-order valence-electron chi connectivity index (χ3n) is 3.43. The zero-order valence-electron chi connectivity index (χ0n) is 13.0. The molecule has 120 valence electrons. The fourth-order valence-corrected chi connectivity index (χ4v) is 2.24. The van der Waals surface area contributed by atoms with E-state index in [2.05, 4.69) is 10.5 Å². The first-order valence-electron chi connectivity index (χ1n) is 7.16. The van der Waals surface area contributed by atoms with Crippen molar-refractivity contribution in [1.82, 2.24) is 5.43 Å². The number of hydrogen-bond donors (Lipinski definition) is 1. The number of benzene rings is 2. The van der Waals surface area contributed by atoms with Gasteiger partial charge in [0.15, 0.2) is 23.0 Å². The Morgan fingerprint density at radius 3 is 2.70 bits per heavy atom. The summed E-state index contributed by atoms with van der Waals surface area (Å²) in [5, 5.41) is 4.22. The second-order valence-corrected chi connectivity index (χ2v) is 4.90. The topological polar surface area (TPSA) is 61.3 Å². The van der Waals surface area contributed by atoms with Crippen LogP contribution in [0.4, 0.5) is 0 Å². The normalized spacial score (nSPS) is 12.4. The molecule has 6 nitrogen and oxygen atoms in total. The Labute approximate surface area is 134 Å². The summed E-state index contributed by atoms with van der Waals surface area (Å²) >= 11 is 0. The lowest BCUT2D eigenvalue weighted by atomic mass is 10.2. The molecular formula is C17H18N2O4. The first kappa shape index (κ1) is 15.0. The molecule has 0 atom stereocenters. The van der Waals surface area contributed by atoms with E-state index in [4.69, 9.17) is 18.9 Å². The van der Waals surface area contributed by atoms with Crippen molar-refractivity contribution in [2.75, 3.05) is 21.0 Å². The van der Waals surface area contributed by atoms with Gasteiger partial charge in [-0.15, -0.1) is 0 Å². The van der Waals surface area contributed by atoms with Crippen LogP contribution in [0.5, 0.6) is 23.0 Å². The number of nitrogens with one attached hydrogen (secondary N) is 1. The summed E-state index contributed by atoms with van der Waals surface area (Å²) in [6.45, 7) is 0.856. The highest BCUT2D eigenvalue weighted by atomic mass is 16.7. The number of hydrogen-bond acceptors (Lipinski definition) is 6. The van der Waals surface area contributed by atoms with Crippen molar-refractivity contribution < 1.29 is 18.9 Å². The quantitative estimate of drug-likeness (QED) is 0.656. The lowest BCUT2D eigenvalue weighted by Crippen LogP contribution is -2.06. The highest BCUT2D eigenvalue weighted by Crippen LogP contribution is 2.32. The number of hydrazone groups is 1. The molecule has 3 rings (SSSR count). The molecule has 0 bridgehead atoms. The van der Waals surface area contributed by atoms with Crippen molar-refractivity contribution in [2.45, 2.75) is 6.54 Å². The third kappa shape index (κ3) is 3.48. The van der Waals surface area contributed by atoms with Gasteiger partial charge in [-0.1, -0.05) is 6.07 Å². The molecule has 6 heteroatoms. The molecule has 0 radical (unpaired) electrons. The first-order chi connectivity index (χ1) is 11.3. The lowest BCUT2D eigenvalue weighted by molar-refractivity contribution is 0.174. The van der Waals surface area contributed by atoms with Crippen molar-refractivity contribution in [2.24, 2.45) is 5.10 Å². The molecule has 2 aromatic rings. The number of ether oxygens (including phenoxy) is 4. The first-order valence-corrected chi connectivity index (χ1v) is 7.16. The van der Waals surface area contributed by atoms with E-state index in [1.165, 1.54) is 0 Å². The van der Waals surface area contributed by atoms with Crippen molar-refractivity contribution in [3.63, 3.8) is 0 Å². The highest BCUT2D eigenvalue weighted by Gasteiger charge is 2.12. The predicted octanol–water partition coefficient (Wildman–Crippen LogP) is 2.56. The molecule has 0 aromatic heterocycles. The van der Waals surface area contributed by atoms with Gasteiger partial charge in [-0.25, -0.2) is 0 Å². The van der Waals surface area contributed by atoms with Crippen LogP contribution in [0.3, 0.4) is 0 Å². The van der Waals surface area contributed by atoms with Crippen LogP contribution in [0.25, 0.3) is 0 Å². The van der Waals surface area contributed by atoms with Gasteiger partial charge in [-0.05, 0) is 41.5 Å². The van der Waals surface area contributed by atoms with Crippen LogP contribution in [0, 0.1) is 0 Å². The zero-order chi connectivity index (χ0) is 16.1. The van der Waals surface area contributed by atoms with Gasteiger partial charge in [0.25, 0.3) is 0 Å². The third-order valence-corrected chi connectivity index (χ3v) is 3.43. The minimum Gasteiger partial charge on any atom is -0.493 e. The molecule has 2 aromatic carbocycles. The highest BCUT2D eigenvalue weighted by molar-refractivity contribution is 5.80. The molecule has 0 spiro atoms. The average molecular weight is 314 g/mol. The van der Waals surface area contributed by atoms with Gasteiger partial charge >= 0.3 is 0 Å². The maximum atomic E-state index is 5.33. The summed E-state index contributed by atoms with van der Waals surface area (Å²) in [7, 11) is 3.23. The second-order valence-electron chi connectivity index (χ2n) is 4.90. The minimum absolute atomic E-state index is 0.271. The molecule has 1 heterocycles. The van der Waals surface area contributed by atoms with Crippen LogP contribution in [0.1, 0.15) is 11.1 Å². The SMILES string of the molecule is COc1ccc(CN/N=C/c2ccc3c(c2)OCO3)cc1OC. The van der Waals surface area contributed by atoms with Crippen molar-refractivity contribution in [3.8, 4) is 23.0 Å². The number of methoxy groups -OCH3 is 2. The maximum absolute atomic E-state index is 5.33. The summed E-state index contributed by atoms with van der Waals surface area (Å²) in [4.78, 5) is 0. The summed E-state index contributed by atoms with van der Waals surface area (Å²) in [5.74, 6) is 2.92. The van der Waals surface area contributed by atoms with Crippen LogP contribution >= 0.6 is 0 Å². The van der Waals surface area contributed by atoms with E-state index in [1.54, 1.807) is 20.4 Å². The largest absolute Gasteiger partial charge is 0.493 e. The summed E-state index contributed by atoms with van der Waals surface area (Å²) in [6.07, 6.45) is 1.74. The molecule has 1 aliphatic heterocycles. The van der Waals surface area contributed by atoms with Gasteiger partial charge in [-0.2, -0.15) is 5.10 Å². The molecular weight excluding hydrogens is 296 g/mol. The summed E-state index contributed by atoms with van der Waals surface area (Å²) in [6, 6.07) is 11.4. The molecule has 23 heavy (non-hydrogen) atoms. The number of rotatable bonds is 6. The molecule has 0 amide bonds. The monoisotopic (exact) mass is 314 g/mol. The molecule has 0 saturated carbocycles. The minimum atomic E-state index is 0.271. The molecule has 0 aliphatic carbocycles. The average Bonchev–Trinajstić information content (AvgIpc) is 3.06. The molecule has 0 fully saturated rings. The van der Waals surface area contributed by atoms with Crippen molar-refractivity contribution in [1.29, 1.82) is 0 Å². The van der Waals surface area contributed by atoms with E-state index in [0.717, 1.165) is 22.6 Å². The lowest BCUT2D eigenvalue weighted by Gasteiger charge is -2.09. The van der Waals surface area contributed by atoms with E-state index < -0.39 is 0 Å². The van der Waals surface area contributed by atoms with Gasteiger partial charge < -0.3 is 24.4 Å². The fourth-order valence-electron chi connectivity index (χ4n) is 2.24. The van der Waals surface area contributed by atoms with Gasteiger partial charge in [0.2, 0.25) is 6.79 Å². The predicted molar refractivity (Wildman–Crippen MR) is 86.5 cm³/mol. The van der Waals surface area contributed by atoms with Crippen molar-refractivity contribution in [3.05, 3.63) is 47.5 Å². The van der Waals surface area contributed by atoms with Gasteiger partial charge in [0.1, 0.15) is 0 Å². The van der Waals surface area contributed by atoms with Crippen LogP contribution in [-0.2, 0) is 6.54 Å². The Balaban J connectivity index is 1.58. The van der Waals surface area contributed by atoms with Crippen molar-refractivity contribution >= 4 is 6.21 Å². The van der Waals surface area contributed by atoms with E-state index >= 15 is 0 Å². The van der Waals surface area contributed by atoms with Crippen LogP contribution in [-0.4, -0.2) is 27.2 Å². The van der Waals surface area contributed by atoms with Gasteiger partial charge in [-0.3, -0.25) is 0 Å². The van der Waals surface area contributed by atoms with Crippen LogP contribution in [0.15, 0.2) is 41.5 Å². The van der Waals surface area contributed by atoms with E-state index in [-0.39, 0.29) is 6.79 Å². The molecule has 1 N–H and O–H groups in total. The standard InChI is InChI=1S/C17H18N2O4/c1-20-14-5-3-12(7-16(14)21-2)9-18-19-10-13-4-6-15-17(8-13)23-11-22-15/h3-8,10,18H,9,11H2,1-2H3/b19-10+. The summed E-state index contributed by atoms with van der Waals surface area (Å²) < 4.78 is 21.1. The van der Waals surface area contributed by atoms with Crippen LogP contribution in [0.2, 0.25) is 0 Å². The summed E-state index contributed by atoms with van der Waals surface area (Å²) in [5.41, 5.74) is 4.99. The fraction of sp³-hybridized carbons (Fsp3) is 0.235. The van der Waals surface area contributed by atoms with E-state index in [1.807, 2.05) is 36.4 Å². The molecule has 0 saturated heterocycles. The van der Waals surface area contributed by atoms with Crippen LogP contribution < -0.4 is 24.4 Å². The Morgan fingerprint density at radius 2 is 1.87 bits per heavy atom. The van der Waals surface area contributed by atoms with Gasteiger partial charge in [0, 0.05) is 0 Å². The smallest absolute Gasteiger partial charge is 0.231 e. The zero-order valence-corrected chi connectivity index (χ0v) is 13.0. The Morgan fingerprint density at radius 1 is 1.04 bits per heavy atom. The van der Waals surface area contributed by atoms with Gasteiger partial charge in [0.05, 0.1) is 27.0 Å². The molecule has 1 aliphatic rings.